The first-order valence-corrected chi connectivity index (χ1v) is 8.29. The minimum absolute atomic E-state index is 0.177. The van der Waals surface area contributed by atoms with Crippen molar-refractivity contribution in [2.45, 2.75) is 32.6 Å². The Morgan fingerprint density at radius 3 is 2.32 bits per heavy atom. The summed E-state index contributed by atoms with van der Waals surface area (Å²) in [5.41, 5.74) is 5.90. The Morgan fingerprint density at radius 1 is 1.32 bits per heavy atom. The molecule has 0 bridgehead atoms. The van der Waals surface area contributed by atoms with Gasteiger partial charge in [-0.3, -0.25) is 10.1 Å². The molecule has 0 aliphatic heterocycles. The van der Waals surface area contributed by atoms with Gasteiger partial charge in [0.15, 0.2) is 4.90 Å². The van der Waals surface area contributed by atoms with Crippen LogP contribution >= 0.6 is 0 Å². The molecule has 1 aromatic rings. The fourth-order valence-electron chi connectivity index (χ4n) is 2.15. The van der Waals surface area contributed by atoms with Crippen LogP contribution in [0.5, 0.6) is 0 Å². The van der Waals surface area contributed by atoms with E-state index in [-0.39, 0.29) is 11.4 Å². The molecule has 0 fully saturated rings. The highest BCUT2D eigenvalue weighted by atomic mass is 32.2. The van der Waals surface area contributed by atoms with Gasteiger partial charge in [0.1, 0.15) is 0 Å². The van der Waals surface area contributed by atoms with Crippen LogP contribution in [-0.2, 0) is 10.0 Å². The summed E-state index contributed by atoms with van der Waals surface area (Å²) in [6.07, 6.45) is 0. The van der Waals surface area contributed by atoms with Gasteiger partial charge in [-0.1, -0.05) is 19.9 Å². The Hall–Kier alpha value is -1.51. The van der Waals surface area contributed by atoms with E-state index in [2.05, 4.69) is 0 Å². The summed E-state index contributed by atoms with van der Waals surface area (Å²) < 4.78 is 26.7. The average molecular weight is 329 g/mol. The van der Waals surface area contributed by atoms with E-state index < -0.39 is 26.0 Å². The number of benzene rings is 1. The van der Waals surface area contributed by atoms with Crippen molar-refractivity contribution in [1.29, 1.82) is 0 Å². The molecule has 0 spiro atoms. The molecule has 0 aliphatic carbocycles. The number of sulfonamides is 1. The minimum Gasteiger partial charge on any atom is -0.330 e. The van der Waals surface area contributed by atoms with Crippen molar-refractivity contribution in [3.05, 3.63) is 33.4 Å². The maximum atomic E-state index is 12.8. The van der Waals surface area contributed by atoms with E-state index >= 15 is 0 Å². The second-order valence-corrected chi connectivity index (χ2v) is 8.22. The molecule has 7 nitrogen and oxygen atoms in total. The molecule has 0 radical (unpaired) electrons. The molecule has 8 heteroatoms. The Morgan fingerprint density at radius 2 is 1.86 bits per heavy atom. The summed E-state index contributed by atoms with van der Waals surface area (Å²) in [6.45, 7) is 7.48. The minimum atomic E-state index is -3.97. The zero-order valence-electron chi connectivity index (χ0n) is 13.6. The third-order valence-electron chi connectivity index (χ3n) is 3.72. The number of nitro groups is 1. The number of rotatable bonds is 6. The van der Waals surface area contributed by atoms with Crippen LogP contribution in [0.4, 0.5) is 5.69 Å². The highest BCUT2D eigenvalue weighted by Crippen LogP contribution is 2.32. The standard InChI is InChI=1S/C14H23N3O4S/c1-10-6-7-12(17(18)19)13(11(10)2)22(20,21)16(5)9-14(3,4)8-15/h6-7H,8-9,15H2,1-5H3. The van der Waals surface area contributed by atoms with Crippen LogP contribution in [-0.4, -0.2) is 37.8 Å². The first-order chi connectivity index (χ1) is 9.94. The van der Waals surface area contributed by atoms with E-state index in [4.69, 9.17) is 5.73 Å². The topological polar surface area (TPSA) is 107 Å². The SMILES string of the molecule is Cc1ccc([N+](=O)[O-])c(S(=O)(=O)N(C)CC(C)(C)CN)c1C. The van der Waals surface area contributed by atoms with Gasteiger partial charge in [0.05, 0.1) is 4.92 Å². The van der Waals surface area contributed by atoms with E-state index in [0.717, 1.165) is 4.31 Å². The van der Waals surface area contributed by atoms with Crippen molar-refractivity contribution < 1.29 is 13.3 Å². The summed E-state index contributed by atoms with van der Waals surface area (Å²) in [7, 11) is -2.56. The Bertz CT molecular complexity index is 684. The number of nitro benzene ring substituents is 1. The summed E-state index contributed by atoms with van der Waals surface area (Å²) in [4.78, 5) is 10.3. The van der Waals surface area contributed by atoms with Crippen LogP contribution in [0.1, 0.15) is 25.0 Å². The highest BCUT2D eigenvalue weighted by Gasteiger charge is 2.34. The first kappa shape index (κ1) is 18.5. The number of aryl methyl sites for hydroxylation is 1. The second kappa shape index (κ2) is 6.31. The molecule has 2 N–H and O–H groups in total. The molecule has 1 rings (SSSR count). The molecule has 124 valence electrons. The van der Waals surface area contributed by atoms with E-state index in [1.54, 1.807) is 19.9 Å². The zero-order chi connectivity index (χ0) is 17.3. The average Bonchev–Trinajstić information content (AvgIpc) is 2.40. The number of nitrogens with zero attached hydrogens (tertiary/aromatic N) is 2. The molecule has 0 unspecified atom stereocenters. The molecule has 0 atom stereocenters. The molecule has 0 heterocycles. The van der Waals surface area contributed by atoms with Gasteiger partial charge >= 0.3 is 0 Å². The predicted molar refractivity (Wildman–Crippen MR) is 85.2 cm³/mol. The van der Waals surface area contributed by atoms with E-state index in [1.165, 1.54) is 13.1 Å². The molecule has 0 aliphatic rings. The van der Waals surface area contributed by atoms with Crippen molar-refractivity contribution in [3.8, 4) is 0 Å². The van der Waals surface area contributed by atoms with Crippen LogP contribution < -0.4 is 5.73 Å². The fourth-order valence-corrected chi connectivity index (χ4v) is 3.94. The lowest BCUT2D eigenvalue weighted by Gasteiger charge is -2.28. The summed E-state index contributed by atoms with van der Waals surface area (Å²) in [5.74, 6) is 0. The quantitative estimate of drug-likeness (QED) is 0.633. The number of hydrogen-bond acceptors (Lipinski definition) is 5. The van der Waals surface area contributed by atoms with Gasteiger partial charge in [-0.25, -0.2) is 12.7 Å². The second-order valence-electron chi connectivity index (χ2n) is 6.24. The molecule has 1 aromatic carbocycles. The Kier molecular flexibility index (Phi) is 5.32. The lowest BCUT2D eigenvalue weighted by Crippen LogP contribution is -2.40. The number of nitrogens with two attached hydrogens (primary N) is 1. The largest absolute Gasteiger partial charge is 0.330 e. The molecule has 0 saturated carbocycles. The number of hydrogen-bond donors (Lipinski definition) is 1. The summed E-state index contributed by atoms with van der Waals surface area (Å²) in [6, 6.07) is 2.79. The van der Waals surface area contributed by atoms with E-state index in [9.17, 15) is 18.5 Å². The van der Waals surface area contributed by atoms with Crippen molar-refractivity contribution in [2.24, 2.45) is 11.1 Å². The molecule has 0 aromatic heterocycles. The summed E-state index contributed by atoms with van der Waals surface area (Å²) >= 11 is 0. The maximum Gasteiger partial charge on any atom is 0.289 e. The van der Waals surface area contributed by atoms with Crippen LogP contribution in [0, 0.1) is 29.4 Å². The van der Waals surface area contributed by atoms with Crippen molar-refractivity contribution >= 4 is 15.7 Å². The van der Waals surface area contributed by atoms with Crippen LogP contribution in [0.15, 0.2) is 17.0 Å². The fraction of sp³-hybridized carbons (Fsp3) is 0.571. The predicted octanol–water partition coefficient (Wildman–Crippen LogP) is 1.82. The van der Waals surface area contributed by atoms with Gasteiger partial charge in [0.2, 0.25) is 10.0 Å². The van der Waals surface area contributed by atoms with Crippen LogP contribution in [0.3, 0.4) is 0 Å². The van der Waals surface area contributed by atoms with Gasteiger partial charge in [0, 0.05) is 19.7 Å². The van der Waals surface area contributed by atoms with Crippen molar-refractivity contribution in [3.63, 3.8) is 0 Å². The van der Waals surface area contributed by atoms with Crippen LogP contribution in [0.2, 0.25) is 0 Å². The highest BCUT2D eigenvalue weighted by molar-refractivity contribution is 7.89. The smallest absolute Gasteiger partial charge is 0.289 e. The molecule has 22 heavy (non-hydrogen) atoms. The van der Waals surface area contributed by atoms with Gasteiger partial charge in [-0.2, -0.15) is 0 Å². The van der Waals surface area contributed by atoms with E-state index in [0.29, 0.717) is 17.7 Å². The molecule has 0 saturated heterocycles. The van der Waals surface area contributed by atoms with E-state index in [1.807, 2.05) is 13.8 Å². The first-order valence-electron chi connectivity index (χ1n) is 6.85. The van der Waals surface area contributed by atoms with Gasteiger partial charge < -0.3 is 5.73 Å². The third kappa shape index (κ3) is 3.63. The Balaban J connectivity index is 3.46. The molecular formula is C14H23N3O4S. The molecular weight excluding hydrogens is 306 g/mol. The van der Waals surface area contributed by atoms with Gasteiger partial charge in [-0.15, -0.1) is 0 Å². The summed E-state index contributed by atoms with van der Waals surface area (Å²) in [5, 5.41) is 11.2. The monoisotopic (exact) mass is 329 g/mol. The third-order valence-corrected chi connectivity index (χ3v) is 5.71. The normalized spacial score (nSPS) is 12.7. The maximum absolute atomic E-state index is 12.8. The van der Waals surface area contributed by atoms with Gasteiger partial charge in [-0.05, 0) is 36.9 Å². The zero-order valence-corrected chi connectivity index (χ0v) is 14.4. The molecule has 0 amide bonds. The lowest BCUT2D eigenvalue weighted by atomic mass is 9.94. The van der Waals surface area contributed by atoms with Crippen LogP contribution in [0.25, 0.3) is 0 Å². The lowest BCUT2D eigenvalue weighted by molar-refractivity contribution is -0.388. The Labute approximate surface area is 131 Å². The van der Waals surface area contributed by atoms with Crippen molar-refractivity contribution in [2.75, 3.05) is 20.1 Å². The van der Waals surface area contributed by atoms with Gasteiger partial charge in [0.25, 0.3) is 5.69 Å². The van der Waals surface area contributed by atoms with Crippen molar-refractivity contribution in [1.82, 2.24) is 4.31 Å².